The van der Waals surface area contributed by atoms with Crippen LogP contribution in [0.2, 0.25) is 0 Å². The van der Waals surface area contributed by atoms with Crippen molar-refractivity contribution < 1.29 is 14.3 Å². The molecule has 0 spiro atoms. The normalized spacial score (nSPS) is 13.9. The summed E-state index contributed by atoms with van der Waals surface area (Å²) in [6.45, 7) is 2.47. The van der Waals surface area contributed by atoms with E-state index >= 15 is 0 Å². The highest BCUT2D eigenvalue weighted by atomic mass is 32.1. The first-order chi connectivity index (χ1) is 14.5. The van der Waals surface area contributed by atoms with Crippen LogP contribution in [-0.4, -0.2) is 23.5 Å². The second-order valence-electron chi connectivity index (χ2n) is 7.27. The lowest BCUT2D eigenvalue weighted by atomic mass is 9.88. The molecule has 2 aromatic rings. The zero-order valence-electron chi connectivity index (χ0n) is 17.1. The molecule has 0 bridgehead atoms. The first-order valence-corrected chi connectivity index (χ1v) is 10.7. The van der Waals surface area contributed by atoms with E-state index in [0.717, 1.165) is 25.7 Å². The summed E-state index contributed by atoms with van der Waals surface area (Å²) in [5, 5.41) is 8.82. The molecule has 3 N–H and O–H groups in total. The smallest absolute Gasteiger partial charge is 0.257 e. The van der Waals surface area contributed by atoms with Crippen molar-refractivity contribution >= 4 is 40.5 Å². The van der Waals surface area contributed by atoms with E-state index in [0.29, 0.717) is 29.3 Å². The number of anilines is 2. The Kier molecular flexibility index (Phi) is 7.79. The van der Waals surface area contributed by atoms with Crippen LogP contribution in [0.15, 0.2) is 48.5 Å². The molecule has 158 valence electrons. The highest BCUT2D eigenvalue weighted by Crippen LogP contribution is 2.25. The minimum Gasteiger partial charge on any atom is -0.494 e. The van der Waals surface area contributed by atoms with Crippen molar-refractivity contribution in [3.8, 4) is 5.75 Å². The Morgan fingerprint density at radius 3 is 2.33 bits per heavy atom. The molecule has 0 unspecified atom stereocenters. The van der Waals surface area contributed by atoms with Crippen LogP contribution < -0.4 is 20.7 Å². The van der Waals surface area contributed by atoms with Crippen LogP contribution in [0.4, 0.5) is 11.4 Å². The van der Waals surface area contributed by atoms with Crippen molar-refractivity contribution in [2.45, 2.75) is 39.0 Å². The lowest BCUT2D eigenvalue weighted by molar-refractivity contribution is -0.120. The summed E-state index contributed by atoms with van der Waals surface area (Å²) in [6.07, 6.45) is 5.34. The number of hydrogen-bond acceptors (Lipinski definition) is 4. The van der Waals surface area contributed by atoms with Gasteiger partial charge in [0.2, 0.25) is 5.91 Å². The second-order valence-corrected chi connectivity index (χ2v) is 7.68. The van der Waals surface area contributed by atoms with Gasteiger partial charge < -0.3 is 15.4 Å². The Labute approximate surface area is 182 Å². The van der Waals surface area contributed by atoms with Gasteiger partial charge in [0.1, 0.15) is 5.75 Å². The largest absolute Gasteiger partial charge is 0.494 e. The van der Waals surface area contributed by atoms with Gasteiger partial charge in [-0.1, -0.05) is 25.3 Å². The fourth-order valence-electron chi connectivity index (χ4n) is 3.49. The maximum Gasteiger partial charge on any atom is 0.257 e. The van der Waals surface area contributed by atoms with E-state index in [1.807, 2.05) is 25.1 Å². The molecule has 0 atom stereocenters. The molecule has 2 amide bonds. The molecule has 0 radical (unpaired) electrons. The first-order valence-electron chi connectivity index (χ1n) is 10.3. The van der Waals surface area contributed by atoms with Gasteiger partial charge >= 0.3 is 0 Å². The van der Waals surface area contributed by atoms with E-state index in [1.54, 1.807) is 30.3 Å². The predicted octanol–water partition coefficient (Wildman–Crippen LogP) is 4.73. The number of rotatable bonds is 6. The molecule has 2 aromatic carbocycles. The lowest BCUT2D eigenvalue weighted by Gasteiger charge is -2.21. The van der Waals surface area contributed by atoms with E-state index in [4.69, 9.17) is 17.0 Å². The summed E-state index contributed by atoms with van der Waals surface area (Å²) < 4.78 is 5.38. The highest BCUT2D eigenvalue weighted by molar-refractivity contribution is 7.80. The van der Waals surface area contributed by atoms with Crippen LogP contribution in [0.3, 0.4) is 0 Å². The summed E-state index contributed by atoms with van der Waals surface area (Å²) >= 11 is 5.26. The second kappa shape index (κ2) is 10.7. The average molecular weight is 426 g/mol. The third-order valence-corrected chi connectivity index (χ3v) is 5.22. The molecule has 1 saturated carbocycles. The van der Waals surface area contributed by atoms with Gasteiger partial charge in [-0.25, -0.2) is 0 Å². The highest BCUT2D eigenvalue weighted by Gasteiger charge is 2.21. The molecule has 1 aliphatic rings. The van der Waals surface area contributed by atoms with Crippen molar-refractivity contribution in [3.63, 3.8) is 0 Å². The van der Waals surface area contributed by atoms with Gasteiger partial charge in [-0.05, 0) is 74.4 Å². The summed E-state index contributed by atoms with van der Waals surface area (Å²) in [6, 6.07) is 14.2. The maximum absolute atomic E-state index is 12.4. The van der Waals surface area contributed by atoms with Gasteiger partial charge in [-0.15, -0.1) is 0 Å². The summed E-state index contributed by atoms with van der Waals surface area (Å²) in [4.78, 5) is 24.8. The van der Waals surface area contributed by atoms with E-state index in [2.05, 4.69) is 16.0 Å². The molecule has 30 heavy (non-hydrogen) atoms. The molecule has 0 heterocycles. The maximum atomic E-state index is 12.4. The number of ether oxygens (including phenoxy) is 1. The Morgan fingerprint density at radius 1 is 1.00 bits per heavy atom. The van der Waals surface area contributed by atoms with Crippen LogP contribution in [0, 0.1) is 5.92 Å². The molecule has 1 aliphatic carbocycles. The van der Waals surface area contributed by atoms with Crippen LogP contribution in [0.5, 0.6) is 5.75 Å². The Morgan fingerprint density at radius 2 is 1.67 bits per heavy atom. The lowest BCUT2D eigenvalue weighted by Crippen LogP contribution is -2.34. The van der Waals surface area contributed by atoms with Crippen molar-refractivity contribution in [2.75, 3.05) is 17.2 Å². The van der Waals surface area contributed by atoms with Crippen molar-refractivity contribution in [3.05, 3.63) is 54.1 Å². The van der Waals surface area contributed by atoms with Gasteiger partial charge in [-0.2, -0.15) is 0 Å². The Bertz CT molecular complexity index is 893. The molecule has 3 rings (SSSR count). The number of carbonyl (C=O) groups is 2. The first kappa shape index (κ1) is 21.8. The molecule has 0 aromatic heterocycles. The van der Waals surface area contributed by atoms with Gasteiger partial charge in [0.05, 0.1) is 6.61 Å². The van der Waals surface area contributed by atoms with Crippen molar-refractivity contribution in [1.29, 1.82) is 0 Å². The number of thiocarbonyl (C=S) groups is 1. The predicted molar refractivity (Wildman–Crippen MR) is 123 cm³/mol. The summed E-state index contributed by atoms with van der Waals surface area (Å²) in [7, 11) is 0. The molecule has 1 fully saturated rings. The molecule has 7 heteroatoms. The van der Waals surface area contributed by atoms with Crippen molar-refractivity contribution in [1.82, 2.24) is 5.32 Å². The molecular weight excluding hydrogens is 398 g/mol. The van der Waals surface area contributed by atoms with E-state index in [1.165, 1.54) is 6.42 Å². The zero-order chi connectivity index (χ0) is 21.3. The number of amides is 2. The van der Waals surface area contributed by atoms with Crippen LogP contribution in [0.25, 0.3) is 0 Å². The van der Waals surface area contributed by atoms with E-state index in [-0.39, 0.29) is 22.8 Å². The standard InChI is InChI=1S/C23H27N3O3S/c1-2-29-20-13-11-17(12-14-20)22(28)26-23(30)25-19-10-6-9-18(15-19)24-21(27)16-7-4-3-5-8-16/h6,9-16H,2-5,7-8H2,1H3,(H,24,27)(H2,25,26,28,30). The van der Waals surface area contributed by atoms with E-state index in [9.17, 15) is 9.59 Å². The van der Waals surface area contributed by atoms with Crippen molar-refractivity contribution in [2.24, 2.45) is 5.92 Å². The number of hydrogen-bond donors (Lipinski definition) is 3. The van der Waals surface area contributed by atoms with Gasteiger partial charge in [0, 0.05) is 22.9 Å². The number of benzene rings is 2. The quantitative estimate of drug-likeness (QED) is 0.583. The minimum atomic E-state index is -0.308. The molecular formula is C23H27N3O3S. The third-order valence-electron chi connectivity index (χ3n) is 5.02. The SMILES string of the molecule is CCOc1ccc(C(=O)NC(=S)Nc2cccc(NC(=O)C3CCCCC3)c2)cc1. The fourth-order valence-corrected chi connectivity index (χ4v) is 3.70. The van der Waals surface area contributed by atoms with Gasteiger partial charge in [0.25, 0.3) is 5.91 Å². The summed E-state index contributed by atoms with van der Waals surface area (Å²) in [5.41, 5.74) is 1.88. The van der Waals surface area contributed by atoms with Crippen LogP contribution in [0.1, 0.15) is 49.4 Å². The monoisotopic (exact) mass is 425 g/mol. The average Bonchev–Trinajstić information content (AvgIpc) is 2.75. The van der Waals surface area contributed by atoms with E-state index < -0.39 is 0 Å². The van der Waals surface area contributed by atoms with Crippen LogP contribution >= 0.6 is 12.2 Å². The number of nitrogens with one attached hydrogen (secondary N) is 3. The molecule has 6 nitrogen and oxygen atoms in total. The topological polar surface area (TPSA) is 79.5 Å². The number of carbonyl (C=O) groups excluding carboxylic acids is 2. The molecule has 0 saturated heterocycles. The van der Waals surface area contributed by atoms with Gasteiger partial charge in [-0.3, -0.25) is 14.9 Å². The van der Waals surface area contributed by atoms with Gasteiger partial charge in [0.15, 0.2) is 5.11 Å². The summed E-state index contributed by atoms with van der Waals surface area (Å²) in [5.74, 6) is 0.558. The fraction of sp³-hybridized carbons (Fsp3) is 0.348. The minimum absolute atomic E-state index is 0.0678. The Hall–Kier alpha value is -2.93. The molecule has 0 aliphatic heterocycles. The van der Waals surface area contributed by atoms with Crippen LogP contribution in [-0.2, 0) is 4.79 Å². The zero-order valence-corrected chi connectivity index (χ0v) is 17.9. The Balaban J connectivity index is 1.54. The third kappa shape index (κ3) is 6.29.